The molecule has 1 saturated carbocycles. The zero-order valence-electron chi connectivity index (χ0n) is 11.8. The van der Waals surface area contributed by atoms with Crippen molar-refractivity contribution >= 4 is 5.69 Å². The maximum absolute atomic E-state index is 13.5. The monoisotopic (exact) mass is 293 g/mol. The molecule has 21 heavy (non-hydrogen) atoms. The summed E-state index contributed by atoms with van der Waals surface area (Å²) in [4.78, 5) is 0. The number of anilines is 1. The molecule has 1 aromatic carbocycles. The van der Waals surface area contributed by atoms with Gasteiger partial charge in [0.2, 0.25) is 0 Å². The molecule has 0 amide bonds. The highest BCUT2D eigenvalue weighted by Crippen LogP contribution is 2.35. The van der Waals surface area contributed by atoms with Gasteiger partial charge in [-0.05, 0) is 35.3 Å². The molecule has 1 fully saturated rings. The summed E-state index contributed by atoms with van der Waals surface area (Å²) in [6.07, 6.45) is 4.26. The fourth-order valence-corrected chi connectivity index (χ4v) is 3.00. The first kappa shape index (κ1) is 13.9. The Kier molecular flexibility index (Phi) is 3.57. The minimum Gasteiger partial charge on any atom is -0.398 e. The van der Waals surface area contributed by atoms with Crippen molar-refractivity contribution in [3.8, 4) is 11.4 Å². The molecule has 3 rings (SSSR count). The van der Waals surface area contributed by atoms with Crippen molar-refractivity contribution in [1.82, 2.24) is 20.2 Å². The van der Waals surface area contributed by atoms with E-state index in [0.717, 1.165) is 31.4 Å². The molecule has 1 aliphatic rings. The van der Waals surface area contributed by atoms with Crippen molar-refractivity contribution in [2.45, 2.75) is 38.6 Å². The first-order valence-corrected chi connectivity index (χ1v) is 7.09. The van der Waals surface area contributed by atoms with Crippen LogP contribution in [0.3, 0.4) is 0 Å². The number of halogens is 2. The van der Waals surface area contributed by atoms with Crippen LogP contribution in [0.4, 0.5) is 14.5 Å². The zero-order valence-corrected chi connectivity index (χ0v) is 11.8. The quantitative estimate of drug-likeness (QED) is 0.864. The van der Waals surface area contributed by atoms with Gasteiger partial charge in [0, 0.05) is 17.3 Å². The number of tetrazole rings is 1. The van der Waals surface area contributed by atoms with Crippen LogP contribution in [0.1, 0.15) is 38.6 Å². The lowest BCUT2D eigenvalue weighted by atomic mass is 9.87. The van der Waals surface area contributed by atoms with E-state index in [-0.39, 0.29) is 11.7 Å². The number of hydrogen-bond acceptors (Lipinski definition) is 4. The first-order valence-electron chi connectivity index (χ1n) is 7.09. The predicted octanol–water partition coefficient (Wildman–Crippen LogP) is 2.95. The average molecular weight is 293 g/mol. The van der Waals surface area contributed by atoms with Gasteiger partial charge < -0.3 is 5.73 Å². The van der Waals surface area contributed by atoms with E-state index in [0.29, 0.717) is 17.3 Å². The molecule has 0 bridgehead atoms. The highest BCUT2D eigenvalue weighted by atomic mass is 19.2. The second-order valence-electron chi connectivity index (χ2n) is 5.73. The van der Waals surface area contributed by atoms with Crippen LogP contribution in [0, 0.1) is 17.6 Å². The summed E-state index contributed by atoms with van der Waals surface area (Å²) < 4.78 is 28.4. The van der Waals surface area contributed by atoms with Crippen molar-refractivity contribution in [2.75, 3.05) is 5.73 Å². The van der Waals surface area contributed by atoms with Crippen molar-refractivity contribution in [3.05, 3.63) is 23.8 Å². The fourth-order valence-electron chi connectivity index (χ4n) is 3.00. The third-order valence-electron chi connectivity index (χ3n) is 4.08. The number of nitrogens with zero attached hydrogens (tertiary/aromatic N) is 4. The average Bonchev–Trinajstić information content (AvgIpc) is 2.92. The van der Waals surface area contributed by atoms with E-state index in [1.165, 1.54) is 6.42 Å². The Balaban J connectivity index is 2.01. The van der Waals surface area contributed by atoms with E-state index in [1.807, 2.05) is 0 Å². The van der Waals surface area contributed by atoms with E-state index >= 15 is 0 Å². The molecule has 0 spiro atoms. The summed E-state index contributed by atoms with van der Waals surface area (Å²) in [7, 11) is 0. The van der Waals surface area contributed by atoms with Gasteiger partial charge in [-0.1, -0.05) is 19.8 Å². The number of nitrogens with two attached hydrogens (primary N) is 1. The van der Waals surface area contributed by atoms with Crippen LogP contribution in [0.25, 0.3) is 11.4 Å². The Morgan fingerprint density at radius 1 is 1.24 bits per heavy atom. The standard InChI is InChI=1S/C14H17F2N5/c1-8-3-2-4-9(5-8)21-14(18-19-20-21)10-6-11(15)12(16)7-13(10)17/h6-9H,2-5,17H2,1H3. The van der Waals surface area contributed by atoms with Gasteiger partial charge in [-0.2, -0.15) is 0 Å². The minimum atomic E-state index is -0.971. The van der Waals surface area contributed by atoms with Gasteiger partial charge in [-0.15, -0.1) is 5.10 Å². The first-order chi connectivity index (χ1) is 10.1. The summed E-state index contributed by atoms with van der Waals surface area (Å²) in [6.45, 7) is 2.20. The Labute approximate surface area is 121 Å². The maximum Gasteiger partial charge on any atom is 0.184 e. The largest absolute Gasteiger partial charge is 0.398 e. The highest BCUT2D eigenvalue weighted by molar-refractivity contribution is 5.71. The second kappa shape index (κ2) is 5.38. The van der Waals surface area contributed by atoms with Crippen LogP contribution in [0.5, 0.6) is 0 Å². The van der Waals surface area contributed by atoms with E-state index in [2.05, 4.69) is 22.4 Å². The minimum absolute atomic E-state index is 0.133. The Morgan fingerprint density at radius 3 is 2.76 bits per heavy atom. The predicted molar refractivity (Wildman–Crippen MR) is 74.3 cm³/mol. The molecule has 7 heteroatoms. The number of nitrogen functional groups attached to an aromatic ring is 1. The van der Waals surface area contributed by atoms with Crippen molar-refractivity contribution in [2.24, 2.45) is 5.92 Å². The van der Waals surface area contributed by atoms with Gasteiger partial charge in [0.15, 0.2) is 17.5 Å². The molecule has 2 aromatic rings. The molecule has 1 aromatic heterocycles. The van der Waals surface area contributed by atoms with Gasteiger partial charge in [-0.3, -0.25) is 0 Å². The van der Waals surface area contributed by atoms with Crippen LogP contribution in [0.2, 0.25) is 0 Å². The lowest BCUT2D eigenvalue weighted by molar-refractivity contribution is 0.265. The molecule has 0 aliphatic heterocycles. The normalized spacial score (nSPS) is 22.4. The molecular weight excluding hydrogens is 276 g/mol. The molecule has 2 atom stereocenters. The molecule has 1 heterocycles. The van der Waals surface area contributed by atoms with Crippen LogP contribution in [-0.4, -0.2) is 20.2 Å². The molecular formula is C14H17F2N5. The molecule has 5 nitrogen and oxygen atoms in total. The topological polar surface area (TPSA) is 69.6 Å². The smallest absolute Gasteiger partial charge is 0.184 e. The van der Waals surface area contributed by atoms with Gasteiger partial charge in [-0.25, -0.2) is 13.5 Å². The highest BCUT2D eigenvalue weighted by Gasteiger charge is 2.25. The van der Waals surface area contributed by atoms with Crippen LogP contribution < -0.4 is 5.73 Å². The lowest BCUT2D eigenvalue weighted by Gasteiger charge is -2.27. The van der Waals surface area contributed by atoms with Crippen molar-refractivity contribution in [3.63, 3.8) is 0 Å². The Bertz CT molecular complexity index is 655. The Hall–Kier alpha value is -2.05. The third kappa shape index (κ3) is 2.59. The van der Waals surface area contributed by atoms with E-state index in [9.17, 15) is 8.78 Å². The molecule has 1 aliphatic carbocycles. The number of rotatable bonds is 2. The third-order valence-corrected chi connectivity index (χ3v) is 4.08. The number of hydrogen-bond donors (Lipinski definition) is 1. The van der Waals surface area contributed by atoms with Gasteiger partial charge in [0.1, 0.15) is 0 Å². The summed E-state index contributed by atoms with van der Waals surface area (Å²) >= 11 is 0. The Morgan fingerprint density at radius 2 is 2.00 bits per heavy atom. The van der Waals surface area contributed by atoms with Crippen LogP contribution >= 0.6 is 0 Å². The lowest BCUT2D eigenvalue weighted by Crippen LogP contribution is -2.20. The van der Waals surface area contributed by atoms with Gasteiger partial charge in [0.05, 0.1) is 6.04 Å². The molecule has 2 N–H and O–H groups in total. The van der Waals surface area contributed by atoms with Crippen LogP contribution in [0.15, 0.2) is 12.1 Å². The number of benzene rings is 1. The fraction of sp³-hybridized carbons (Fsp3) is 0.500. The van der Waals surface area contributed by atoms with Crippen molar-refractivity contribution < 1.29 is 8.78 Å². The van der Waals surface area contributed by atoms with Gasteiger partial charge >= 0.3 is 0 Å². The summed E-state index contributed by atoms with van der Waals surface area (Å²) in [5.41, 5.74) is 6.26. The summed E-state index contributed by atoms with van der Waals surface area (Å²) in [5, 5.41) is 11.7. The molecule has 0 radical (unpaired) electrons. The molecule has 112 valence electrons. The second-order valence-corrected chi connectivity index (χ2v) is 5.73. The van der Waals surface area contributed by atoms with E-state index in [1.54, 1.807) is 4.68 Å². The zero-order chi connectivity index (χ0) is 15.0. The number of aromatic nitrogens is 4. The van der Waals surface area contributed by atoms with Crippen molar-refractivity contribution in [1.29, 1.82) is 0 Å². The molecule has 2 unspecified atom stereocenters. The molecule has 0 saturated heterocycles. The summed E-state index contributed by atoms with van der Waals surface area (Å²) in [5.74, 6) is -0.930. The van der Waals surface area contributed by atoms with Gasteiger partial charge in [0.25, 0.3) is 0 Å². The SMILES string of the molecule is CC1CCCC(n2nnnc2-c2cc(F)c(F)cc2N)C1. The maximum atomic E-state index is 13.5. The van der Waals surface area contributed by atoms with E-state index in [4.69, 9.17) is 5.73 Å². The summed E-state index contributed by atoms with van der Waals surface area (Å²) in [6, 6.07) is 2.19. The van der Waals surface area contributed by atoms with Crippen LogP contribution in [-0.2, 0) is 0 Å². The van der Waals surface area contributed by atoms with E-state index < -0.39 is 11.6 Å².